The van der Waals surface area contributed by atoms with Crippen LogP contribution in [-0.4, -0.2) is 41.0 Å². The molecule has 0 spiro atoms. The number of anilines is 1. The van der Waals surface area contributed by atoms with Gasteiger partial charge >= 0.3 is 12.1 Å². The maximum Gasteiger partial charge on any atom is 0.471 e. The van der Waals surface area contributed by atoms with E-state index in [1.807, 2.05) is 0 Å². The molecule has 3 aromatic rings. The number of nitrogens with zero attached hydrogens (tertiary/aromatic N) is 2. The minimum absolute atomic E-state index is 0.105. The Balaban J connectivity index is 1.64. The minimum Gasteiger partial charge on any atom is -0.481 e. The molecule has 0 saturated carbocycles. The zero-order chi connectivity index (χ0) is 23.3. The highest BCUT2D eigenvalue weighted by atomic mass is 35.5. The predicted octanol–water partition coefficient (Wildman–Crippen LogP) is 4.82. The van der Waals surface area contributed by atoms with Crippen LogP contribution in [0.2, 0.25) is 5.02 Å². The van der Waals surface area contributed by atoms with E-state index in [1.165, 1.54) is 13.0 Å². The van der Waals surface area contributed by atoms with Crippen LogP contribution in [0.5, 0.6) is 5.75 Å². The number of carbonyl (C=O) groups is 2. The summed E-state index contributed by atoms with van der Waals surface area (Å²) in [6.07, 6.45) is -3.36. The van der Waals surface area contributed by atoms with E-state index in [0.29, 0.717) is 37.8 Å². The second kappa shape index (κ2) is 9.86. The maximum absolute atomic E-state index is 12.7. The molecule has 0 aliphatic heterocycles. The molecule has 1 N–H and O–H groups in total. The van der Waals surface area contributed by atoms with Crippen LogP contribution in [0, 0.1) is 0 Å². The fraction of sp³-hybridized carbons (Fsp3) is 0.227. The van der Waals surface area contributed by atoms with Crippen molar-refractivity contribution in [2.75, 3.05) is 18.5 Å². The van der Waals surface area contributed by atoms with Gasteiger partial charge in [0, 0.05) is 30.4 Å². The number of benzene rings is 2. The van der Waals surface area contributed by atoms with Crippen LogP contribution >= 0.6 is 11.6 Å². The van der Waals surface area contributed by atoms with Crippen molar-refractivity contribution in [3.63, 3.8) is 0 Å². The molecule has 2 amide bonds. The number of fused-ring (bicyclic) bond motifs is 1. The maximum atomic E-state index is 12.7. The van der Waals surface area contributed by atoms with Gasteiger partial charge in [0.05, 0.1) is 5.02 Å². The highest BCUT2D eigenvalue weighted by Crippen LogP contribution is 2.29. The number of halogens is 4. The molecule has 0 radical (unpaired) electrons. The Morgan fingerprint density at radius 3 is 2.66 bits per heavy atom. The molecule has 0 aliphatic rings. The van der Waals surface area contributed by atoms with Gasteiger partial charge in [0.15, 0.2) is 6.61 Å². The van der Waals surface area contributed by atoms with E-state index < -0.39 is 18.0 Å². The Labute approximate surface area is 186 Å². The molecule has 32 heavy (non-hydrogen) atoms. The average molecular weight is 466 g/mol. The fourth-order valence-corrected chi connectivity index (χ4v) is 3.26. The van der Waals surface area contributed by atoms with Gasteiger partial charge in [-0.2, -0.15) is 13.2 Å². The third-order valence-electron chi connectivity index (χ3n) is 4.53. The van der Waals surface area contributed by atoms with Gasteiger partial charge in [0.25, 0.3) is 5.91 Å². The van der Waals surface area contributed by atoms with E-state index in [9.17, 15) is 22.8 Å². The lowest BCUT2D eigenvalue weighted by Crippen LogP contribution is -2.40. The summed E-state index contributed by atoms with van der Waals surface area (Å²) in [5.74, 6) is -2.00. The molecule has 0 aliphatic carbocycles. The van der Waals surface area contributed by atoms with Crippen LogP contribution in [0.4, 0.5) is 18.9 Å². The van der Waals surface area contributed by atoms with E-state index >= 15 is 0 Å². The third-order valence-corrected chi connectivity index (χ3v) is 4.86. The number of hydrogen-bond acceptors (Lipinski definition) is 4. The molecule has 0 fully saturated rings. The number of aromatic nitrogens is 1. The first kappa shape index (κ1) is 23.3. The Bertz CT molecular complexity index is 1140. The molecular formula is C22H19ClF3N3O3. The van der Waals surface area contributed by atoms with E-state index in [2.05, 4.69) is 10.3 Å². The Morgan fingerprint density at radius 1 is 1.16 bits per heavy atom. The number of hydrogen-bond donors (Lipinski definition) is 1. The standard InChI is InChI=1S/C22H19ClF3N3O3/c1-2-29(21(31)22(24,25)26)12-14-5-3-6-15(11-14)28-19(30)13-32-18-9-8-17(23)16-7-4-10-27-20(16)18/h3-11H,2,12-13H2,1H3,(H,28,30). The molecule has 3 rings (SSSR count). The van der Waals surface area contributed by atoms with Crippen molar-refractivity contribution >= 4 is 40.0 Å². The summed E-state index contributed by atoms with van der Waals surface area (Å²) in [6.45, 7) is 0.802. The second-order valence-corrected chi connectivity index (χ2v) is 7.21. The normalized spacial score (nSPS) is 11.3. The molecule has 0 bridgehead atoms. The zero-order valence-corrected chi connectivity index (χ0v) is 17.7. The highest BCUT2D eigenvalue weighted by molar-refractivity contribution is 6.35. The molecule has 168 valence electrons. The summed E-state index contributed by atoms with van der Waals surface area (Å²) in [7, 11) is 0. The van der Waals surface area contributed by atoms with Crippen molar-refractivity contribution in [3.05, 3.63) is 65.3 Å². The monoisotopic (exact) mass is 465 g/mol. The number of alkyl halides is 3. The largest absolute Gasteiger partial charge is 0.481 e. The van der Waals surface area contributed by atoms with Gasteiger partial charge in [-0.1, -0.05) is 23.7 Å². The number of ether oxygens (including phenoxy) is 1. The minimum atomic E-state index is -4.94. The van der Waals surface area contributed by atoms with Gasteiger partial charge in [0.2, 0.25) is 0 Å². The number of pyridine rings is 1. The summed E-state index contributed by atoms with van der Waals surface area (Å²) in [4.78, 5) is 28.7. The van der Waals surface area contributed by atoms with E-state index in [1.54, 1.807) is 48.7 Å². The van der Waals surface area contributed by atoms with Crippen molar-refractivity contribution in [2.24, 2.45) is 0 Å². The van der Waals surface area contributed by atoms with Crippen LogP contribution in [0.3, 0.4) is 0 Å². The smallest absolute Gasteiger partial charge is 0.471 e. The predicted molar refractivity (Wildman–Crippen MR) is 114 cm³/mol. The quantitative estimate of drug-likeness (QED) is 0.543. The highest BCUT2D eigenvalue weighted by Gasteiger charge is 2.41. The zero-order valence-electron chi connectivity index (χ0n) is 16.9. The van der Waals surface area contributed by atoms with Crippen molar-refractivity contribution in [3.8, 4) is 5.75 Å². The Kier molecular flexibility index (Phi) is 7.19. The second-order valence-electron chi connectivity index (χ2n) is 6.80. The van der Waals surface area contributed by atoms with Gasteiger partial charge in [-0.05, 0) is 48.9 Å². The Morgan fingerprint density at radius 2 is 1.94 bits per heavy atom. The van der Waals surface area contributed by atoms with Crippen molar-refractivity contribution < 1.29 is 27.5 Å². The summed E-state index contributed by atoms with van der Waals surface area (Å²) < 4.78 is 43.7. The molecule has 10 heteroatoms. The van der Waals surface area contributed by atoms with Gasteiger partial charge < -0.3 is 15.0 Å². The topological polar surface area (TPSA) is 71.5 Å². The first-order chi connectivity index (χ1) is 15.2. The van der Waals surface area contributed by atoms with Crippen LogP contribution in [-0.2, 0) is 16.1 Å². The van der Waals surface area contributed by atoms with E-state index in [4.69, 9.17) is 16.3 Å². The third kappa shape index (κ3) is 5.67. The van der Waals surface area contributed by atoms with Gasteiger partial charge in [0.1, 0.15) is 11.3 Å². The van der Waals surface area contributed by atoms with Crippen LogP contribution in [0.15, 0.2) is 54.7 Å². The molecule has 0 atom stereocenters. The van der Waals surface area contributed by atoms with E-state index in [-0.39, 0.29) is 19.7 Å². The number of amides is 2. The lowest BCUT2D eigenvalue weighted by Gasteiger charge is -2.22. The van der Waals surface area contributed by atoms with Gasteiger partial charge in [-0.15, -0.1) is 0 Å². The molecule has 6 nitrogen and oxygen atoms in total. The van der Waals surface area contributed by atoms with Crippen LogP contribution in [0.1, 0.15) is 12.5 Å². The van der Waals surface area contributed by atoms with E-state index in [0.717, 1.165) is 0 Å². The van der Waals surface area contributed by atoms with Crippen molar-refractivity contribution in [2.45, 2.75) is 19.6 Å². The Hall–Kier alpha value is -3.33. The van der Waals surface area contributed by atoms with Gasteiger partial charge in [-0.3, -0.25) is 14.6 Å². The lowest BCUT2D eigenvalue weighted by molar-refractivity contribution is -0.185. The molecule has 0 saturated heterocycles. The van der Waals surface area contributed by atoms with Crippen molar-refractivity contribution in [1.82, 2.24) is 9.88 Å². The van der Waals surface area contributed by atoms with Gasteiger partial charge in [-0.25, -0.2) is 0 Å². The van der Waals surface area contributed by atoms with Crippen molar-refractivity contribution in [1.29, 1.82) is 0 Å². The SMILES string of the molecule is CCN(Cc1cccc(NC(=O)COc2ccc(Cl)c3cccnc23)c1)C(=O)C(F)(F)F. The summed E-state index contributed by atoms with van der Waals surface area (Å²) in [5.41, 5.74) is 1.32. The lowest BCUT2D eigenvalue weighted by atomic mass is 10.2. The molecular weight excluding hydrogens is 447 g/mol. The number of nitrogens with one attached hydrogen (secondary N) is 1. The molecule has 2 aromatic carbocycles. The fourth-order valence-electron chi connectivity index (χ4n) is 3.04. The molecule has 1 aromatic heterocycles. The first-order valence-electron chi connectivity index (χ1n) is 9.60. The van der Waals surface area contributed by atoms with Crippen LogP contribution < -0.4 is 10.1 Å². The summed E-state index contributed by atoms with van der Waals surface area (Å²) >= 11 is 6.14. The first-order valence-corrected chi connectivity index (χ1v) is 9.97. The molecule has 0 unspecified atom stereocenters. The summed E-state index contributed by atoms with van der Waals surface area (Å²) in [5, 5.41) is 3.82. The number of rotatable bonds is 7. The van der Waals surface area contributed by atoms with Crippen LogP contribution in [0.25, 0.3) is 10.9 Å². The molecule has 1 heterocycles. The summed E-state index contributed by atoms with van der Waals surface area (Å²) in [6, 6.07) is 13.0. The average Bonchev–Trinajstić information content (AvgIpc) is 2.76. The number of carbonyl (C=O) groups excluding carboxylic acids is 2.